The first-order valence-corrected chi connectivity index (χ1v) is 9.83. The Bertz CT molecular complexity index is 796. The Morgan fingerprint density at radius 1 is 1.12 bits per heavy atom. The molecule has 9 heteroatoms. The van der Waals surface area contributed by atoms with Crippen molar-refractivity contribution in [3.63, 3.8) is 0 Å². The van der Waals surface area contributed by atoms with E-state index in [9.17, 15) is 22.5 Å². The number of rotatable bonds is 4. The number of carbonyl (C=O) groups excluding carboxylic acids is 2. The number of carbonyl (C=O) groups is 2. The maximum absolute atomic E-state index is 12.3. The molecule has 7 nitrogen and oxygen atoms in total. The predicted octanol–water partition coefficient (Wildman–Crippen LogP) is 0.128. The Morgan fingerprint density at radius 2 is 1.75 bits per heavy atom. The fourth-order valence-electron chi connectivity index (χ4n) is 1.78. The Labute approximate surface area is 163 Å². The van der Waals surface area contributed by atoms with E-state index in [1.54, 1.807) is 18.2 Å². The number of amides is 1. The first-order chi connectivity index (χ1) is 10.8. The molecule has 3 N–H and O–H groups in total. The molecule has 0 aromatic heterocycles. The molecular weight excluding hydrogens is 388 g/mol. The Kier molecular flexibility index (Phi) is 7.32. The zero-order valence-electron chi connectivity index (χ0n) is 12.1. The van der Waals surface area contributed by atoms with Crippen molar-refractivity contribution >= 4 is 65.6 Å². The molecule has 24 heavy (non-hydrogen) atoms. The van der Waals surface area contributed by atoms with Gasteiger partial charge in [0.15, 0.2) is 0 Å². The molecular formula is C15H15AsNNaO6. The number of hydrogen-bond acceptors (Lipinski definition) is 5. The fourth-order valence-corrected chi connectivity index (χ4v) is 3.86. The minimum atomic E-state index is -5.18. The summed E-state index contributed by atoms with van der Waals surface area (Å²) in [6.07, 6.45) is 0. The Morgan fingerprint density at radius 3 is 2.33 bits per heavy atom. The van der Waals surface area contributed by atoms with Crippen molar-refractivity contribution < 1.29 is 26.3 Å². The van der Waals surface area contributed by atoms with Crippen LogP contribution in [-0.4, -0.2) is 64.8 Å². The maximum atomic E-state index is 12.3. The van der Waals surface area contributed by atoms with E-state index in [0.717, 1.165) is 12.1 Å². The minimum absolute atomic E-state index is 0. The van der Waals surface area contributed by atoms with Gasteiger partial charge in [-0.25, -0.2) is 0 Å². The Hall–Kier alpha value is -1.50. The van der Waals surface area contributed by atoms with Crippen molar-refractivity contribution in [2.75, 3.05) is 5.32 Å². The molecule has 1 unspecified atom stereocenters. The van der Waals surface area contributed by atoms with Gasteiger partial charge in [0, 0.05) is 0 Å². The SMILES string of the molecule is CC(=O)Nc1cc([As](=O)(O)OC(=O)c2ccccc2)ccc1O.[NaH]. The molecule has 2 rings (SSSR count). The van der Waals surface area contributed by atoms with E-state index < -0.39 is 26.0 Å². The van der Waals surface area contributed by atoms with Gasteiger partial charge < -0.3 is 0 Å². The third-order valence-electron chi connectivity index (χ3n) is 2.83. The van der Waals surface area contributed by atoms with Crippen LogP contribution in [0.1, 0.15) is 17.3 Å². The van der Waals surface area contributed by atoms with Crippen LogP contribution >= 0.6 is 0 Å². The van der Waals surface area contributed by atoms with E-state index in [4.69, 9.17) is 3.73 Å². The summed E-state index contributed by atoms with van der Waals surface area (Å²) >= 11 is -5.18. The molecule has 1 atom stereocenters. The van der Waals surface area contributed by atoms with Crippen LogP contribution in [0.25, 0.3) is 0 Å². The monoisotopic (exact) mass is 403 g/mol. The van der Waals surface area contributed by atoms with Crippen LogP contribution < -0.4 is 9.67 Å². The van der Waals surface area contributed by atoms with Crippen molar-refractivity contribution in [2.45, 2.75) is 6.92 Å². The van der Waals surface area contributed by atoms with Crippen LogP contribution in [0.15, 0.2) is 48.5 Å². The van der Waals surface area contributed by atoms with Crippen molar-refractivity contribution in [2.24, 2.45) is 0 Å². The number of anilines is 1. The number of phenols is 1. The second-order valence-corrected chi connectivity index (χ2v) is 8.30. The van der Waals surface area contributed by atoms with Gasteiger partial charge in [-0.3, -0.25) is 0 Å². The molecule has 0 spiro atoms. The summed E-state index contributed by atoms with van der Waals surface area (Å²) in [5.74, 6) is -1.66. The predicted molar refractivity (Wildman–Crippen MR) is 89.7 cm³/mol. The van der Waals surface area contributed by atoms with Crippen LogP contribution in [0.3, 0.4) is 0 Å². The fraction of sp³-hybridized carbons (Fsp3) is 0.0667. The second kappa shape index (κ2) is 8.55. The van der Waals surface area contributed by atoms with Crippen molar-refractivity contribution in [1.82, 2.24) is 0 Å². The summed E-state index contributed by atoms with van der Waals surface area (Å²) in [5.41, 5.74) is 0.102. The molecule has 0 radical (unpaired) electrons. The van der Waals surface area contributed by atoms with Crippen molar-refractivity contribution in [1.29, 1.82) is 0 Å². The van der Waals surface area contributed by atoms with E-state index in [2.05, 4.69) is 5.32 Å². The van der Waals surface area contributed by atoms with Crippen LogP contribution in [0.2, 0.25) is 0 Å². The third kappa shape index (κ3) is 5.26. The molecule has 122 valence electrons. The zero-order chi connectivity index (χ0) is 17.0. The van der Waals surface area contributed by atoms with Gasteiger partial charge in [-0.05, 0) is 0 Å². The number of benzene rings is 2. The summed E-state index contributed by atoms with van der Waals surface area (Å²) in [5, 5.41) is 11.9. The van der Waals surface area contributed by atoms with Crippen molar-refractivity contribution in [3.05, 3.63) is 54.1 Å². The first-order valence-electron chi connectivity index (χ1n) is 6.52. The molecule has 2 aromatic carbocycles. The Balaban J connectivity index is 0.00000288. The van der Waals surface area contributed by atoms with Crippen molar-refractivity contribution in [3.8, 4) is 5.75 Å². The molecule has 0 saturated heterocycles. The molecule has 0 fully saturated rings. The second-order valence-electron chi connectivity index (χ2n) is 4.65. The molecule has 0 aliphatic heterocycles. The number of nitrogens with one attached hydrogen (secondary N) is 1. The summed E-state index contributed by atoms with van der Waals surface area (Å²) in [4.78, 5) is 23.0. The van der Waals surface area contributed by atoms with E-state index in [1.807, 2.05) is 0 Å². The van der Waals surface area contributed by atoms with E-state index in [1.165, 1.54) is 25.1 Å². The topological polar surface area (TPSA) is 113 Å². The van der Waals surface area contributed by atoms with Crippen LogP contribution in [0.5, 0.6) is 5.75 Å². The van der Waals surface area contributed by atoms with Crippen LogP contribution in [-0.2, 0) is 12.3 Å². The average molecular weight is 403 g/mol. The summed E-state index contributed by atoms with van der Waals surface area (Å²) in [6, 6.07) is 11.2. The van der Waals surface area contributed by atoms with Gasteiger partial charge in [-0.1, -0.05) is 0 Å². The molecule has 0 aliphatic carbocycles. The quantitative estimate of drug-likeness (QED) is 0.494. The normalized spacial score (nSPS) is 12.4. The third-order valence-corrected chi connectivity index (χ3v) is 5.65. The molecule has 0 heterocycles. The molecule has 0 aliphatic rings. The molecule has 0 saturated carbocycles. The molecule has 2 aromatic rings. The van der Waals surface area contributed by atoms with Gasteiger partial charge in [0.05, 0.1) is 0 Å². The van der Waals surface area contributed by atoms with E-state index >= 15 is 0 Å². The number of aromatic hydroxyl groups is 1. The van der Waals surface area contributed by atoms with E-state index in [-0.39, 0.29) is 50.9 Å². The van der Waals surface area contributed by atoms with Gasteiger partial charge in [-0.15, -0.1) is 0 Å². The van der Waals surface area contributed by atoms with Gasteiger partial charge >= 0.3 is 164 Å². The van der Waals surface area contributed by atoms with Gasteiger partial charge in [0.25, 0.3) is 0 Å². The summed E-state index contributed by atoms with van der Waals surface area (Å²) in [7, 11) is 0. The molecule has 1 amide bonds. The van der Waals surface area contributed by atoms with E-state index in [0.29, 0.717) is 0 Å². The van der Waals surface area contributed by atoms with Gasteiger partial charge in [0.1, 0.15) is 0 Å². The average Bonchev–Trinajstić information content (AvgIpc) is 2.49. The van der Waals surface area contributed by atoms with Gasteiger partial charge in [-0.2, -0.15) is 0 Å². The van der Waals surface area contributed by atoms with Crippen LogP contribution in [0, 0.1) is 0 Å². The first kappa shape index (κ1) is 20.5. The molecule has 0 bridgehead atoms. The summed E-state index contributed by atoms with van der Waals surface area (Å²) < 4.78 is 26.9. The van der Waals surface area contributed by atoms with Crippen LogP contribution in [0.4, 0.5) is 5.69 Å². The zero-order valence-corrected chi connectivity index (χ0v) is 14.0. The summed E-state index contributed by atoms with van der Waals surface area (Å²) in [6.45, 7) is 1.23. The number of phenolic OH excluding ortho intramolecular Hbond substituents is 1. The number of hydrogen-bond donors (Lipinski definition) is 3. The standard InChI is InChI=1S/C15H14AsNO6.Na.H/c1-10(18)17-13-9-12(7-8-14(13)19)16(21,22)23-15(20)11-5-3-2-4-6-11;;/h2-9,19H,1H3,(H,17,18)(H,21,22);;. The van der Waals surface area contributed by atoms with Gasteiger partial charge in [0.2, 0.25) is 0 Å².